The lowest BCUT2D eigenvalue weighted by Gasteiger charge is -2.36. The van der Waals surface area contributed by atoms with E-state index in [2.05, 4.69) is 19.7 Å². The smallest absolute Gasteiger partial charge is 0.345 e. The fourth-order valence-electron chi connectivity index (χ4n) is 3.72. The molecule has 2 amide bonds. The minimum atomic E-state index is -4.43. The highest BCUT2D eigenvalue weighted by Gasteiger charge is 2.35. The number of anilines is 4. The van der Waals surface area contributed by atoms with Gasteiger partial charge in [0.2, 0.25) is 5.95 Å². The number of urea groups is 1. The van der Waals surface area contributed by atoms with Gasteiger partial charge in [0.1, 0.15) is 6.54 Å². The number of aryl methyl sites for hydroxylation is 1. The highest BCUT2D eigenvalue weighted by atomic mass is 32.1. The topological polar surface area (TPSA) is 74.2 Å². The van der Waals surface area contributed by atoms with Crippen LogP contribution in [0.5, 0.6) is 0 Å². The van der Waals surface area contributed by atoms with Gasteiger partial charge in [-0.3, -0.25) is 4.90 Å². The van der Waals surface area contributed by atoms with E-state index in [9.17, 15) is 18.0 Å². The summed E-state index contributed by atoms with van der Waals surface area (Å²) < 4.78 is 42.5. The van der Waals surface area contributed by atoms with Crippen molar-refractivity contribution in [1.29, 1.82) is 0 Å². The molecule has 2 aromatic carbocycles. The number of alkyl halides is 3. The molecule has 0 atom stereocenters. The van der Waals surface area contributed by atoms with E-state index in [4.69, 9.17) is 0 Å². The minimum Gasteiger partial charge on any atom is -0.345 e. The second kappa shape index (κ2) is 8.99. The highest BCUT2D eigenvalue weighted by Crippen LogP contribution is 2.37. The summed E-state index contributed by atoms with van der Waals surface area (Å²) in [6.45, 7) is 0.859. The molecule has 0 aliphatic carbocycles. The molecule has 1 aliphatic heterocycles. The van der Waals surface area contributed by atoms with Crippen LogP contribution < -0.4 is 15.1 Å². The molecule has 1 aliphatic rings. The first-order valence-corrected chi connectivity index (χ1v) is 11.5. The second-order valence-corrected chi connectivity index (χ2v) is 8.65. The lowest BCUT2D eigenvalue weighted by Crippen LogP contribution is -2.45. The first kappa shape index (κ1) is 22.8. The van der Waals surface area contributed by atoms with Crippen molar-refractivity contribution in [2.45, 2.75) is 19.6 Å². The molecule has 0 spiro atoms. The van der Waals surface area contributed by atoms with Crippen LogP contribution in [-0.2, 0) is 6.54 Å². The van der Waals surface area contributed by atoms with Crippen molar-refractivity contribution in [1.82, 2.24) is 14.3 Å². The summed E-state index contributed by atoms with van der Waals surface area (Å²) in [5.74, 6) is 0.0289. The predicted molar refractivity (Wildman–Crippen MR) is 129 cm³/mol. The number of fused-ring (bicyclic) bond motifs is 1. The van der Waals surface area contributed by atoms with Crippen molar-refractivity contribution < 1.29 is 18.0 Å². The lowest BCUT2D eigenvalue weighted by atomic mass is 10.1. The number of benzene rings is 2. The van der Waals surface area contributed by atoms with E-state index < -0.39 is 12.7 Å². The molecule has 7 nitrogen and oxygen atoms in total. The number of halogens is 3. The molecule has 35 heavy (non-hydrogen) atoms. The SMILES string of the molecule is Cc1ccc(N2Cc3cnc(NCC(F)(F)F)nc3N(c3ccc(-c4ccsn4)cc3)C2=O)cc1. The van der Waals surface area contributed by atoms with Gasteiger partial charge in [-0.1, -0.05) is 29.8 Å². The third-order valence-corrected chi connectivity index (χ3v) is 6.02. The summed E-state index contributed by atoms with van der Waals surface area (Å²) in [4.78, 5) is 25.0. The Labute approximate surface area is 203 Å². The second-order valence-electron chi connectivity index (χ2n) is 7.98. The van der Waals surface area contributed by atoms with E-state index >= 15 is 0 Å². The number of hydrogen-bond donors (Lipinski definition) is 1. The van der Waals surface area contributed by atoms with E-state index in [1.165, 1.54) is 22.6 Å². The Morgan fingerprint density at radius 2 is 1.74 bits per heavy atom. The van der Waals surface area contributed by atoms with Crippen LogP contribution in [0.25, 0.3) is 11.3 Å². The first-order valence-electron chi connectivity index (χ1n) is 10.6. The molecule has 0 radical (unpaired) electrons. The molecule has 5 rings (SSSR count). The summed E-state index contributed by atoms with van der Waals surface area (Å²) in [6.07, 6.45) is -2.98. The van der Waals surface area contributed by atoms with Crippen LogP contribution in [0.3, 0.4) is 0 Å². The monoisotopic (exact) mass is 496 g/mol. The molecule has 0 saturated heterocycles. The quantitative estimate of drug-likeness (QED) is 0.358. The van der Waals surface area contributed by atoms with Gasteiger partial charge in [-0.05, 0) is 48.8 Å². The lowest BCUT2D eigenvalue weighted by molar-refractivity contribution is -0.115. The predicted octanol–water partition coefficient (Wildman–Crippen LogP) is 6.16. The number of nitrogens with one attached hydrogen (secondary N) is 1. The van der Waals surface area contributed by atoms with Gasteiger partial charge in [0.05, 0.1) is 17.9 Å². The number of carbonyl (C=O) groups excluding carboxylic acids is 1. The average Bonchev–Trinajstić information content (AvgIpc) is 3.38. The number of hydrogen-bond acceptors (Lipinski definition) is 6. The summed E-state index contributed by atoms with van der Waals surface area (Å²) in [5.41, 5.74) is 4.56. The normalized spacial score (nSPS) is 13.7. The molecule has 0 saturated carbocycles. The van der Waals surface area contributed by atoms with Crippen molar-refractivity contribution in [2.75, 3.05) is 21.7 Å². The maximum absolute atomic E-state index is 13.7. The Hall–Kier alpha value is -3.99. The van der Waals surface area contributed by atoms with Crippen LogP contribution in [0.2, 0.25) is 0 Å². The Morgan fingerprint density at radius 3 is 2.40 bits per heavy atom. The summed E-state index contributed by atoms with van der Waals surface area (Å²) in [7, 11) is 0. The van der Waals surface area contributed by atoms with Gasteiger partial charge in [0.15, 0.2) is 5.82 Å². The Kier molecular flexibility index (Phi) is 5.85. The fraction of sp³-hybridized carbons (Fsp3) is 0.167. The Bertz CT molecular complexity index is 1340. The van der Waals surface area contributed by atoms with Crippen molar-refractivity contribution in [2.24, 2.45) is 0 Å². The third kappa shape index (κ3) is 4.80. The van der Waals surface area contributed by atoms with Gasteiger partial charge < -0.3 is 5.32 Å². The number of nitrogens with zero attached hydrogens (tertiary/aromatic N) is 5. The van der Waals surface area contributed by atoms with Gasteiger partial charge in [-0.25, -0.2) is 14.7 Å². The third-order valence-electron chi connectivity index (χ3n) is 5.46. The zero-order valence-electron chi connectivity index (χ0n) is 18.5. The van der Waals surface area contributed by atoms with Gasteiger partial charge >= 0.3 is 12.2 Å². The number of carbonyl (C=O) groups is 1. The van der Waals surface area contributed by atoms with Crippen LogP contribution in [-0.4, -0.2) is 33.1 Å². The Morgan fingerprint density at radius 1 is 1.03 bits per heavy atom. The van der Waals surface area contributed by atoms with Crippen LogP contribution in [0.4, 0.5) is 41.1 Å². The number of aromatic nitrogens is 3. The van der Waals surface area contributed by atoms with Crippen LogP contribution in [0.15, 0.2) is 66.2 Å². The summed E-state index contributed by atoms with van der Waals surface area (Å²) in [6, 6.07) is 16.2. The molecule has 0 unspecified atom stereocenters. The molecule has 1 N–H and O–H groups in total. The summed E-state index contributed by atoms with van der Waals surface area (Å²) in [5, 5.41) is 4.07. The number of amides is 2. The molecule has 2 aromatic heterocycles. The zero-order valence-corrected chi connectivity index (χ0v) is 19.3. The number of rotatable bonds is 5. The zero-order chi connectivity index (χ0) is 24.6. The van der Waals surface area contributed by atoms with E-state index in [-0.39, 0.29) is 24.3 Å². The van der Waals surface area contributed by atoms with E-state index in [0.717, 1.165) is 16.8 Å². The van der Waals surface area contributed by atoms with E-state index in [1.807, 2.05) is 54.8 Å². The average molecular weight is 497 g/mol. The van der Waals surface area contributed by atoms with Crippen LogP contribution in [0.1, 0.15) is 11.1 Å². The molecule has 11 heteroatoms. The van der Waals surface area contributed by atoms with Gasteiger partial charge in [-0.2, -0.15) is 22.5 Å². The minimum absolute atomic E-state index is 0.185. The molecule has 178 valence electrons. The standard InChI is InChI=1S/C24H19F3N6OS/c1-15-2-6-18(7-3-15)32-13-17-12-28-22(29-14-24(25,26)27)30-21(17)33(23(32)34)19-8-4-16(5-9-19)20-10-11-35-31-20/h2-12H,13-14H2,1H3,(H,28,29,30). The van der Waals surface area contributed by atoms with Crippen molar-refractivity contribution in [3.63, 3.8) is 0 Å². The van der Waals surface area contributed by atoms with E-state index in [1.54, 1.807) is 17.0 Å². The molecule has 3 heterocycles. The first-order chi connectivity index (χ1) is 16.8. The summed E-state index contributed by atoms with van der Waals surface area (Å²) >= 11 is 1.34. The molecular weight excluding hydrogens is 477 g/mol. The van der Waals surface area contributed by atoms with Crippen molar-refractivity contribution in [3.8, 4) is 11.3 Å². The van der Waals surface area contributed by atoms with E-state index in [0.29, 0.717) is 16.9 Å². The largest absolute Gasteiger partial charge is 0.405 e. The fourth-order valence-corrected chi connectivity index (χ4v) is 4.25. The molecular formula is C24H19F3N6OS. The van der Waals surface area contributed by atoms with Gasteiger partial charge in [-0.15, -0.1) is 0 Å². The molecule has 0 bridgehead atoms. The van der Waals surface area contributed by atoms with Crippen molar-refractivity contribution >= 4 is 40.7 Å². The van der Waals surface area contributed by atoms with Crippen molar-refractivity contribution in [3.05, 3.63) is 77.3 Å². The maximum atomic E-state index is 13.7. The van der Waals surface area contributed by atoms with Gasteiger partial charge in [0.25, 0.3) is 0 Å². The molecule has 4 aromatic rings. The molecule has 0 fully saturated rings. The maximum Gasteiger partial charge on any atom is 0.405 e. The Balaban J connectivity index is 1.55. The highest BCUT2D eigenvalue weighted by molar-refractivity contribution is 7.03. The van der Waals surface area contributed by atoms with Crippen LogP contribution in [0, 0.1) is 6.92 Å². The van der Waals surface area contributed by atoms with Crippen LogP contribution >= 0.6 is 11.5 Å². The van der Waals surface area contributed by atoms with Gasteiger partial charge in [0, 0.05) is 28.4 Å².